The van der Waals surface area contributed by atoms with Gasteiger partial charge in [-0.05, 0) is 141 Å². The number of carbonyl (C=O) groups is 4. The minimum atomic E-state index is -5.00. The van der Waals surface area contributed by atoms with E-state index >= 15 is 0 Å². The number of aliphatic hydroxyl groups is 1. The van der Waals surface area contributed by atoms with Crippen LogP contribution in [0.5, 0.6) is 0 Å². The molecule has 0 fully saturated rings. The molecule has 0 spiro atoms. The van der Waals surface area contributed by atoms with E-state index in [-0.39, 0.29) is 25.7 Å². The molecule has 0 aliphatic heterocycles. The zero-order chi connectivity index (χ0) is 76.0. The summed E-state index contributed by atoms with van der Waals surface area (Å²) in [5, 5.41) is 10.6. The zero-order valence-electron chi connectivity index (χ0n) is 64.9. The lowest BCUT2D eigenvalue weighted by atomic mass is 10.0. The van der Waals surface area contributed by atoms with E-state index < -0.39 is 97.5 Å². The van der Waals surface area contributed by atoms with E-state index in [4.69, 9.17) is 37.0 Å². The molecule has 0 aromatic rings. The molecule has 17 nitrogen and oxygen atoms in total. The summed E-state index contributed by atoms with van der Waals surface area (Å²) >= 11 is 0. The smallest absolute Gasteiger partial charge is 0.462 e. The number of hydrogen-bond acceptors (Lipinski definition) is 15. The molecule has 3 N–H and O–H groups in total. The van der Waals surface area contributed by atoms with Crippen molar-refractivity contribution in [1.82, 2.24) is 0 Å². The van der Waals surface area contributed by atoms with Crippen LogP contribution < -0.4 is 0 Å². The standard InChI is InChI=1S/C85H142O17P2/c1-5-9-13-17-21-25-29-33-36-38-39-41-44-47-50-54-58-62-66-70-83(88)95-75-80(101-84(89)71-67-63-59-55-51-45-32-28-24-20-16-12-8-4)77-99-103(91,92)97-73-79(86)74-98-104(93,94)100-78-81(102-85(90)72-68-64-60-56-52-48-42-35-31-27-23-19-15-11-7-3)76-96-82(87)69-65-61-57-53-49-46-43-40-37-34-30-26-22-18-14-10-6-2/h9-11,13-15,21-23,25-27,33-37,39,41-42,47,50,52,56,79-81,86H,5-8,12,16-20,24,28-32,38,40,43-46,48-49,51,53-55,57-78H2,1-4H3,(H,91,92)(H,93,94)/b13-9-,14-10-,15-11-,25-21-,26-22-,27-23-,36-33-,37-34-,41-39-,42-35-,50-47-,56-52-. The van der Waals surface area contributed by atoms with Gasteiger partial charge in [-0.1, -0.05) is 289 Å². The van der Waals surface area contributed by atoms with Crippen molar-refractivity contribution in [3.63, 3.8) is 0 Å². The second-order valence-corrected chi connectivity index (χ2v) is 29.1. The summed E-state index contributed by atoms with van der Waals surface area (Å²) < 4.78 is 68.6. The molecule has 19 heteroatoms. The topological polar surface area (TPSA) is 237 Å². The lowest BCUT2D eigenvalue weighted by Gasteiger charge is -2.21. The van der Waals surface area contributed by atoms with E-state index in [1.165, 1.54) is 51.4 Å². The van der Waals surface area contributed by atoms with E-state index in [1.807, 2.05) is 0 Å². The number of allylic oxidation sites excluding steroid dienone is 24. The lowest BCUT2D eigenvalue weighted by Crippen LogP contribution is -2.30. The fourth-order valence-corrected chi connectivity index (χ4v) is 11.9. The predicted octanol–water partition coefficient (Wildman–Crippen LogP) is 23.4. The van der Waals surface area contributed by atoms with Gasteiger partial charge in [0.2, 0.25) is 0 Å². The number of ether oxygens (including phenoxy) is 4. The Bertz CT molecular complexity index is 2540. The van der Waals surface area contributed by atoms with Gasteiger partial charge >= 0.3 is 39.5 Å². The molecule has 594 valence electrons. The highest BCUT2D eigenvalue weighted by Crippen LogP contribution is 2.45. The summed E-state index contributed by atoms with van der Waals surface area (Å²) in [4.78, 5) is 73.0. The van der Waals surface area contributed by atoms with Crippen molar-refractivity contribution in [2.45, 2.75) is 329 Å². The highest BCUT2D eigenvalue weighted by molar-refractivity contribution is 7.47. The molecule has 0 amide bonds. The molecule has 0 bridgehead atoms. The van der Waals surface area contributed by atoms with Crippen LogP contribution in [0.15, 0.2) is 146 Å². The van der Waals surface area contributed by atoms with Gasteiger partial charge in [-0.25, -0.2) is 9.13 Å². The van der Waals surface area contributed by atoms with Crippen LogP contribution in [-0.4, -0.2) is 96.7 Å². The molecule has 0 radical (unpaired) electrons. The van der Waals surface area contributed by atoms with Crippen LogP contribution in [0.3, 0.4) is 0 Å². The molecular formula is C85H142O17P2. The number of rotatable bonds is 74. The van der Waals surface area contributed by atoms with Crippen molar-refractivity contribution >= 4 is 39.5 Å². The van der Waals surface area contributed by atoms with E-state index in [0.29, 0.717) is 32.1 Å². The van der Waals surface area contributed by atoms with Crippen LogP contribution in [-0.2, 0) is 65.4 Å². The monoisotopic (exact) mass is 1500 g/mol. The first-order valence-corrected chi connectivity index (χ1v) is 43.1. The average molecular weight is 1500 g/mol. The number of carbonyl (C=O) groups excluding carboxylic acids is 4. The maximum absolute atomic E-state index is 13.1. The second kappa shape index (κ2) is 76.1. The van der Waals surface area contributed by atoms with Crippen molar-refractivity contribution in [2.24, 2.45) is 0 Å². The molecule has 0 saturated heterocycles. The molecular weight excluding hydrogens is 1350 g/mol. The lowest BCUT2D eigenvalue weighted by molar-refractivity contribution is -0.161. The fraction of sp³-hybridized carbons (Fsp3) is 0.671. The van der Waals surface area contributed by atoms with Crippen LogP contribution in [0.25, 0.3) is 0 Å². The molecule has 5 unspecified atom stereocenters. The van der Waals surface area contributed by atoms with Crippen molar-refractivity contribution in [3.8, 4) is 0 Å². The normalized spacial score (nSPS) is 14.6. The van der Waals surface area contributed by atoms with Crippen LogP contribution in [0.1, 0.15) is 310 Å². The Labute approximate surface area is 630 Å². The highest BCUT2D eigenvalue weighted by atomic mass is 31.2. The maximum atomic E-state index is 13.1. The summed E-state index contributed by atoms with van der Waals surface area (Å²) in [6.45, 7) is 4.45. The summed E-state index contributed by atoms with van der Waals surface area (Å²) in [5.74, 6) is -2.27. The SMILES string of the molecule is CC/C=C\C/C=C\C/C=C\C/C=C\C/C=C\CCCCCC(=O)OCC(COP(=O)(O)OCC(O)COP(=O)(O)OCC(COC(=O)CCCCCCCCC/C=C\C/C=C\C/C=C\CC)OC(=O)CCCC/C=C\C/C=C\C/C=C\C/C=C\CC)OC(=O)CCCCCCCCCCCCCCC. The molecule has 0 aliphatic rings. The third-order valence-corrected chi connectivity index (χ3v) is 18.2. The number of unbranched alkanes of at least 4 members (excludes halogenated alkanes) is 24. The number of esters is 4. The summed E-state index contributed by atoms with van der Waals surface area (Å²) in [5.41, 5.74) is 0. The average Bonchev–Trinajstić information content (AvgIpc) is 0.939. The first-order valence-electron chi connectivity index (χ1n) is 40.1. The van der Waals surface area contributed by atoms with Gasteiger partial charge in [0.05, 0.1) is 26.4 Å². The Morgan fingerprint density at radius 1 is 0.279 bits per heavy atom. The largest absolute Gasteiger partial charge is 0.472 e. The van der Waals surface area contributed by atoms with Gasteiger partial charge in [0.1, 0.15) is 19.3 Å². The van der Waals surface area contributed by atoms with Gasteiger partial charge in [-0.15, -0.1) is 0 Å². The molecule has 0 aromatic carbocycles. The van der Waals surface area contributed by atoms with Crippen molar-refractivity contribution in [1.29, 1.82) is 0 Å². The van der Waals surface area contributed by atoms with Gasteiger partial charge in [0.25, 0.3) is 0 Å². The minimum Gasteiger partial charge on any atom is -0.462 e. The maximum Gasteiger partial charge on any atom is 0.472 e. The summed E-state index contributed by atoms with van der Waals surface area (Å²) in [6.07, 6.45) is 86.9. The van der Waals surface area contributed by atoms with Crippen LogP contribution >= 0.6 is 15.6 Å². The summed E-state index contributed by atoms with van der Waals surface area (Å²) in [6, 6.07) is 0. The van der Waals surface area contributed by atoms with E-state index in [2.05, 4.69) is 174 Å². The Morgan fingerprint density at radius 2 is 0.500 bits per heavy atom. The Kier molecular flexibility index (Phi) is 72.4. The van der Waals surface area contributed by atoms with Crippen molar-refractivity contribution < 1.29 is 80.2 Å². The number of hydrogen-bond donors (Lipinski definition) is 3. The van der Waals surface area contributed by atoms with Gasteiger partial charge in [-0.2, -0.15) is 0 Å². The van der Waals surface area contributed by atoms with Crippen molar-refractivity contribution in [3.05, 3.63) is 146 Å². The molecule has 0 saturated carbocycles. The van der Waals surface area contributed by atoms with Crippen LogP contribution in [0.4, 0.5) is 0 Å². The van der Waals surface area contributed by atoms with Gasteiger partial charge < -0.3 is 33.8 Å². The summed E-state index contributed by atoms with van der Waals surface area (Å²) in [7, 11) is -9.99. The molecule has 0 heterocycles. The third kappa shape index (κ3) is 75.2. The Balaban J connectivity index is 5.41. The van der Waals surface area contributed by atoms with E-state index in [1.54, 1.807) is 0 Å². The number of aliphatic hydroxyl groups excluding tert-OH is 1. The van der Waals surface area contributed by atoms with Gasteiger partial charge in [-0.3, -0.25) is 37.3 Å². The first kappa shape index (κ1) is 98.9. The van der Waals surface area contributed by atoms with Crippen LogP contribution in [0.2, 0.25) is 0 Å². The van der Waals surface area contributed by atoms with Crippen molar-refractivity contribution in [2.75, 3.05) is 39.6 Å². The predicted molar refractivity (Wildman–Crippen MR) is 427 cm³/mol. The van der Waals surface area contributed by atoms with Gasteiger partial charge in [0.15, 0.2) is 12.2 Å². The first-order chi connectivity index (χ1) is 50.7. The number of phosphoric acid groups is 2. The molecule has 0 aliphatic carbocycles. The van der Waals surface area contributed by atoms with Gasteiger partial charge in [0, 0.05) is 25.7 Å². The molecule has 5 atom stereocenters. The fourth-order valence-electron chi connectivity index (χ4n) is 10.3. The Morgan fingerprint density at radius 3 is 0.798 bits per heavy atom. The van der Waals surface area contributed by atoms with E-state index in [9.17, 15) is 43.2 Å². The van der Waals surface area contributed by atoms with E-state index in [0.717, 1.165) is 173 Å². The third-order valence-electron chi connectivity index (χ3n) is 16.3. The second-order valence-electron chi connectivity index (χ2n) is 26.2. The Hall–Kier alpha value is -5.06. The zero-order valence-corrected chi connectivity index (χ0v) is 66.7. The molecule has 104 heavy (non-hydrogen) atoms. The quantitative estimate of drug-likeness (QED) is 0.0169. The molecule has 0 aromatic heterocycles. The minimum absolute atomic E-state index is 0.0364. The number of phosphoric ester groups is 2. The molecule has 0 rings (SSSR count). The van der Waals surface area contributed by atoms with Crippen LogP contribution in [0, 0.1) is 0 Å². The highest BCUT2D eigenvalue weighted by Gasteiger charge is 2.30.